The molecule has 0 aromatic heterocycles. The summed E-state index contributed by atoms with van der Waals surface area (Å²) in [6.07, 6.45) is 0.975. The van der Waals surface area contributed by atoms with Crippen molar-refractivity contribution in [1.29, 1.82) is 5.41 Å². The number of carboxylic acids is 1. The van der Waals surface area contributed by atoms with E-state index in [-0.39, 0.29) is 36.8 Å². The van der Waals surface area contributed by atoms with Crippen LogP contribution in [0.4, 0.5) is 0 Å². The van der Waals surface area contributed by atoms with Gasteiger partial charge in [-0.05, 0) is 12.8 Å². The average molecular weight is 344 g/mol. The first kappa shape index (κ1) is 36.4. The number of hydrogen-bond acceptors (Lipinski definition) is 7. The maximum absolute atomic E-state index is 10.2. The highest BCUT2D eigenvalue weighted by atomic mass is 35.5. The maximum Gasteiger partial charge on any atom is 0.320 e. The Hall–Kier alpha value is -0.980. The van der Waals surface area contributed by atoms with E-state index in [1.165, 1.54) is 0 Å². The van der Waals surface area contributed by atoms with Crippen molar-refractivity contribution in [1.82, 2.24) is 23.8 Å². The molecule has 0 saturated carbocycles. The molecule has 0 radical (unpaired) electrons. The first-order valence-electron chi connectivity index (χ1n) is 4.25. The van der Waals surface area contributed by atoms with Crippen LogP contribution in [-0.2, 0) is 9.36 Å². The summed E-state index contributed by atoms with van der Waals surface area (Å²) >= 11 is 0. The molecule has 0 bridgehead atoms. The summed E-state index contributed by atoms with van der Waals surface area (Å²) in [5.41, 5.74) is 10.2. The van der Waals surface area contributed by atoms with Gasteiger partial charge >= 0.3 is 14.2 Å². The predicted molar refractivity (Wildman–Crippen MR) is 80.5 cm³/mol. The van der Waals surface area contributed by atoms with Gasteiger partial charge in [0.25, 0.3) is 0 Å². The number of aliphatic carboxylic acids is 1. The second kappa shape index (κ2) is 23.1. The van der Waals surface area contributed by atoms with Gasteiger partial charge in [-0.3, -0.25) is 14.8 Å². The summed E-state index contributed by atoms with van der Waals surface area (Å²) < 4.78 is 8.74. The van der Waals surface area contributed by atoms with E-state index in [9.17, 15) is 4.79 Å². The fourth-order valence-electron chi connectivity index (χ4n) is 0.669. The third kappa shape index (κ3) is 43.5. The summed E-state index contributed by atoms with van der Waals surface area (Å²) in [6, 6.07) is -0.821. The van der Waals surface area contributed by atoms with E-state index in [0.29, 0.717) is 19.4 Å². The van der Waals surface area contributed by atoms with E-state index in [2.05, 4.69) is 5.32 Å². The van der Waals surface area contributed by atoms with Crippen molar-refractivity contribution in [3.63, 3.8) is 0 Å². The van der Waals surface area contributed by atoms with Crippen molar-refractivity contribution >= 4 is 32.6 Å². The molecule has 20 heavy (non-hydrogen) atoms. The Bertz CT molecular complexity index is 256. The van der Waals surface area contributed by atoms with Crippen LogP contribution in [0.1, 0.15) is 12.8 Å². The number of carbonyl (C=O) groups is 1. The van der Waals surface area contributed by atoms with Gasteiger partial charge in [0.15, 0.2) is 5.96 Å². The van der Waals surface area contributed by atoms with Gasteiger partial charge in [0.1, 0.15) is 6.04 Å². The molecular weight excluding hydrogens is 317 g/mol. The lowest BCUT2D eigenvalue weighted by Gasteiger charge is -2.06. The molecule has 1 unspecified atom stereocenters. The third-order valence-corrected chi connectivity index (χ3v) is 1.32. The van der Waals surface area contributed by atoms with E-state index < -0.39 is 20.3 Å². The van der Waals surface area contributed by atoms with Crippen molar-refractivity contribution in [3.8, 4) is 0 Å². The zero-order valence-corrected chi connectivity index (χ0v) is 12.9. The summed E-state index contributed by atoms with van der Waals surface area (Å²) in [5, 5.41) is 17.7. The molecule has 0 aliphatic carbocycles. The smallest absolute Gasteiger partial charge is 0.320 e. The maximum atomic E-state index is 10.2. The second-order valence-corrected chi connectivity index (χ2v) is 3.28. The summed E-state index contributed by atoms with van der Waals surface area (Å²) in [7, 11) is -3.13. The minimum atomic E-state index is -3.13. The number of nitrogens with one attached hydrogen (secondary N) is 2. The van der Waals surface area contributed by atoms with Crippen molar-refractivity contribution in [3.05, 3.63) is 0 Å². The monoisotopic (exact) mass is 343 g/mol. The van der Waals surface area contributed by atoms with E-state index in [0.717, 1.165) is 0 Å². The molecule has 0 fully saturated rings. The number of halogens is 1. The van der Waals surface area contributed by atoms with Gasteiger partial charge in [-0.1, -0.05) is 0 Å². The zero-order valence-electron chi connectivity index (χ0n) is 11.0. The highest BCUT2D eigenvalue weighted by molar-refractivity contribution is 7.30. The van der Waals surface area contributed by atoms with Gasteiger partial charge in [0.05, 0.1) is 0 Å². The minimum Gasteiger partial charge on any atom is -0.480 e. The molecule has 128 valence electrons. The molecule has 0 aliphatic heterocycles. The molecule has 0 heterocycles. The van der Waals surface area contributed by atoms with Crippen LogP contribution < -0.4 is 35.2 Å². The largest absolute Gasteiger partial charge is 0.480 e. The highest BCUT2D eigenvalue weighted by Crippen LogP contribution is 1.98. The molecule has 14 heteroatoms. The van der Waals surface area contributed by atoms with Crippen LogP contribution in [0.25, 0.3) is 0 Å². The Morgan fingerprint density at radius 3 is 1.90 bits per heavy atom. The second-order valence-electron chi connectivity index (χ2n) is 2.71. The predicted octanol–water partition coefficient (Wildman–Crippen LogP) is -1.07. The first-order valence-corrected chi connectivity index (χ1v) is 5.55. The SMILES string of the molecule is Cl.N.N.N.N=C(N)NCCCC(N)C(=O)O.O=[PH](O)O. The number of hydrogen-bond donors (Lipinski definition) is 10. The Kier molecular flexibility index (Phi) is 42.2. The lowest BCUT2D eigenvalue weighted by molar-refractivity contribution is -0.138. The first-order chi connectivity index (χ1) is 7.27. The fourth-order valence-corrected chi connectivity index (χ4v) is 0.669. The van der Waals surface area contributed by atoms with Crippen molar-refractivity contribution in [2.24, 2.45) is 11.5 Å². The van der Waals surface area contributed by atoms with E-state index >= 15 is 0 Å². The fraction of sp³-hybridized carbons (Fsp3) is 0.667. The standard InChI is InChI=1S/C6H14N4O2.ClH.3H3N.H3O3P/c7-4(5(11)12)2-1-3-10-6(8)9;;;;;1-4(2)3/h4H,1-3,7H2,(H,11,12)(H4,8,9,10);1H;3*1H3;4H,(H2,1,2,3). The van der Waals surface area contributed by atoms with E-state index in [1.807, 2.05) is 0 Å². The van der Waals surface area contributed by atoms with Crippen LogP contribution in [0, 0.1) is 5.41 Å². The Morgan fingerprint density at radius 2 is 1.65 bits per heavy atom. The van der Waals surface area contributed by atoms with Crippen LogP contribution >= 0.6 is 20.7 Å². The average Bonchev–Trinajstić information content (AvgIpc) is 2.10. The minimum absolute atomic E-state index is 0. The molecule has 18 N–H and O–H groups in total. The van der Waals surface area contributed by atoms with Crippen LogP contribution in [-0.4, -0.2) is 39.4 Å². The number of carboxylic acid groups (broad SMARTS) is 1. The molecule has 1 atom stereocenters. The quantitative estimate of drug-likeness (QED) is 0.124. The van der Waals surface area contributed by atoms with Crippen LogP contribution in [0.5, 0.6) is 0 Å². The molecule has 0 aromatic carbocycles. The highest BCUT2D eigenvalue weighted by Gasteiger charge is 2.09. The van der Waals surface area contributed by atoms with E-state index in [1.54, 1.807) is 0 Å². The molecule has 0 rings (SSSR count). The molecule has 0 aromatic rings. The Balaban J connectivity index is -0.0000000547. The Labute approximate surface area is 123 Å². The van der Waals surface area contributed by atoms with Crippen LogP contribution in [0.15, 0.2) is 0 Å². The number of nitrogens with two attached hydrogens (primary N) is 2. The van der Waals surface area contributed by atoms with Gasteiger partial charge in [-0.15, -0.1) is 12.4 Å². The lowest BCUT2D eigenvalue weighted by Crippen LogP contribution is -2.34. The van der Waals surface area contributed by atoms with Gasteiger partial charge in [-0.25, -0.2) is 0 Å². The third-order valence-electron chi connectivity index (χ3n) is 1.32. The number of guanidine groups is 1. The van der Waals surface area contributed by atoms with Gasteiger partial charge in [0, 0.05) is 6.54 Å². The summed E-state index contributed by atoms with van der Waals surface area (Å²) in [5.74, 6) is -1.11. The van der Waals surface area contributed by atoms with Gasteiger partial charge in [-0.2, -0.15) is 0 Å². The topological polar surface area (TPSA) is 288 Å². The molecule has 12 nitrogen and oxygen atoms in total. The van der Waals surface area contributed by atoms with Gasteiger partial charge in [0.2, 0.25) is 0 Å². The van der Waals surface area contributed by atoms with E-state index in [4.69, 9.17) is 36.3 Å². The molecule has 0 amide bonds. The number of rotatable bonds is 5. The van der Waals surface area contributed by atoms with Crippen molar-refractivity contribution < 1.29 is 24.3 Å². The van der Waals surface area contributed by atoms with Crippen molar-refractivity contribution in [2.45, 2.75) is 18.9 Å². The normalized spacial score (nSPS) is 9.00. The van der Waals surface area contributed by atoms with Crippen LogP contribution in [0.2, 0.25) is 0 Å². The van der Waals surface area contributed by atoms with Gasteiger partial charge < -0.3 is 50.1 Å². The van der Waals surface area contributed by atoms with Crippen molar-refractivity contribution in [2.75, 3.05) is 6.54 Å². The summed E-state index contributed by atoms with van der Waals surface area (Å²) in [6.45, 7) is 0.482. The van der Waals surface area contributed by atoms with Crippen LogP contribution in [0.3, 0.4) is 0 Å². The molecule has 0 saturated heterocycles. The Morgan fingerprint density at radius 1 is 1.30 bits per heavy atom. The zero-order chi connectivity index (χ0) is 13.1. The molecule has 0 aliphatic rings. The summed E-state index contributed by atoms with van der Waals surface area (Å²) in [4.78, 5) is 24.5. The lowest BCUT2D eigenvalue weighted by atomic mass is 10.2. The molecular formula is C6H27ClN7O5P. The molecule has 0 spiro atoms.